The van der Waals surface area contributed by atoms with Gasteiger partial charge in [0.1, 0.15) is 11.5 Å². The molecule has 1 aliphatic heterocycles. The number of nitrogens with zero attached hydrogens (tertiary/aromatic N) is 2. The zero-order chi connectivity index (χ0) is 18.5. The van der Waals surface area contributed by atoms with E-state index in [1.165, 1.54) is 5.56 Å². The molecule has 0 aliphatic carbocycles. The van der Waals surface area contributed by atoms with Gasteiger partial charge in [-0.1, -0.05) is 30.3 Å². The molecule has 3 N–H and O–H groups in total. The molecule has 2 unspecified atom stereocenters. The summed E-state index contributed by atoms with van der Waals surface area (Å²) in [6, 6.07) is 13.4. The molecule has 1 aromatic heterocycles. The molecule has 6 nitrogen and oxygen atoms in total. The van der Waals surface area contributed by atoms with E-state index in [0.29, 0.717) is 18.1 Å². The highest BCUT2D eigenvalue weighted by atomic mass is 16.5. The van der Waals surface area contributed by atoms with Crippen LogP contribution in [0.4, 0.5) is 5.82 Å². The summed E-state index contributed by atoms with van der Waals surface area (Å²) in [4.78, 5) is 18.6. The van der Waals surface area contributed by atoms with Crippen molar-refractivity contribution in [3.63, 3.8) is 0 Å². The number of ether oxygens (including phenoxy) is 1. The van der Waals surface area contributed by atoms with Gasteiger partial charge >= 0.3 is 0 Å². The number of nitrogen functional groups attached to an aromatic ring is 1. The van der Waals surface area contributed by atoms with Crippen molar-refractivity contribution in [2.75, 3.05) is 18.8 Å². The average molecular weight is 354 g/mol. The maximum Gasteiger partial charge on any atom is 0.270 e. The number of morpholine rings is 1. The molecule has 0 bridgehead atoms. The first kappa shape index (κ1) is 18.4. The molecule has 3 rings (SSSR count). The van der Waals surface area contributed by atoms with Crippen LogP contribution >= 0.6 is 0 Å². The van der Waals surface area contributed by atoms with E-state index in [1.54, 1.807) is 18.2 Å². The van der Waals surface area contributed by atoms with E-state index in [2.05, 4.69) is 53.3 Å². The summed E-state index contributed by atoms with van der Waals surface area (Å²) < 4.78 is 5.78. The Labute approximate surface area is 154 Å². The number of nitrogens with two attached hydrogens (primary N) is 1. The lowest BCUT2D eigenvalue weighted by Crippen LogP contribution is -2.44. The van der Waals surface area contributed by atoms with Gasteiger partial charge in [-0.25, -0.2) is 4.98 Å². The van der Waals surface area contributed by atoms with Gasteiger partial charge in [-0.15, -0.1) is 0 Å². The summed E-state index contributed by atoms with van der Waals surface area (Å²) in [5.41, 5.74) is 8.26. The summed E-state index contributed by atoms with van der Waals surface area (Å²) in [6.45, 7) is 7.51. The fourth-order valence-corrected chi connectivity index (χ4v) is 3.29. The summed E-state index contributed by atoms with van der Waals surface area (Å²) in [5, 5.41) is 2.87. The predicted octanol–water partition coefficient (Wildman–Crippen LogP) is 2.20. The van der Waals surface area contributed by atoms with Crippen LogP contribution in [-0.4, -0.2) is 41.1 Å². The second kappa shape index (κ2) is 8.29. The lowest BCUT2D eigenvalue weighted by Gasteiger charge is -2.35. The van der Waals surface area contributed by atoms with Crippen molar-refractivity contribution in [3.05, 3.63) is 59.3 Å². The number of carbonyl (C=O) groups excluding carboxylic acids is 1. The van der Waals surface area contributed by atoms with E-state index >= 15 is 0 Å². The molecule has 1 amide bonds. The predicted molar refractivity (Wildman–Crippen MR) is 102 cm³/mol. The molecule has 2 atom stereocenters. The molecular weight excluding hydrogens is 328 g/mol. The summed E-state index contributed by atoms with van der Waals surface area (Å²) in [7, 11) is 0. The summed E-state index contributed by atoms with van der Waals surface area (Å²) in [6.07, 6.45) is 0.544. The standard InChI is InChI=1S/C20H26N4O2/c1-14-11-24(12-15(2)26-14)13-17-8-6-16(7-9-17)10-22-20(25)18-4-3-5-19(21)23-18/h3-9,14-15H,10-13H2,1-2H3,(H2,21,23)(H,22,25). The minimum Gasteiger partial charge on any atom is -0.384 e. The lowest BCUT2D eigenvalue weighted by molar-refractivity contribution is -0.0704. The fraction of sp³-hybridized carbons (Fsp3) is 0.400. The maximum atomic E-state index is 12.1. The minimum absolute atomic E-state index is 0.224. The third-order valence-corrected chi connectivity index (χ3v) is 4.38. The number of pyridine rings is 1. The smallest absolute Gasteiger partial charge is 0.270 e. The first-order chi connectivity index (χ1) is 12.5. The number of amides is 1. The van der Waals surface area contributed by atoms with E-state index in [0.717, 1.165) is 25.2 Å². The fourth-order valence-electron chi connectivity index (χ4n) is 3.29. The zero-order valence-corrected chi connectivity index (χ0v) is 15.3. The zero-order valence-electron chi connectivity index (χ0n) is 15.3. The van der Waals surface area contributed by atoms with Crippen molar-refractivity contribution in [1.29, 1.82) is 0 Å². The third-order valence-electron chi connectivity index (χ3n) is 4.38. The van der Waals surface area contributed by atoms with Gasteiger partial charge < -0.3 is 15.8 Å². The number of benzene rings is 1. The Morgan fingerprint density at radius 2 is 1.81 bits per heavy atom. The quantitative estimate of drug-likeness (QED) is 0.860. The second-order valence-corrected chi connectivity index (χ2v) is 6.90. The van der Waals surface area contributed by atoms with Gasteiger partial charge in [0.15, 0.2) is 0 Å². The lowest BCUT2D eigenvalue weighted by atomic mass is 10.1. The van der Waals surface area contributed by atoms with Crippen LogP contribution in [0.2, 0.25) is 0 Å². The van der Waals surface area contributed by atoms with E-state index in [9.17, 15) is 4.79 Å². The molecule has 2 heterocycles. The monoisotopic (exact) mass is 354 g/mol. The van der Waals surface area contributed by atoms with Crippen LogP contribution in [0, 0.1) is 0 Å². The number of hydrogen-bond donors (Lipinski definition) is 2. The minimum atomic E-state index is -0.224. The van der Waals surface area contributed by atoms with Gasteiger partial charge in [-0.2, -0.15) is 0 Å². The van der Waals surface area contributed by atoms with Gasteiger partial charge in [-0.3, -0.25) is 9.69 Å². The van der Waals surface area contributed by atoms with Crippen LogP contribution in [0.1, 0.15) is 35.5 Å². The van der Waals surface area contributed by atoms with Crippen LogP contribution in [0.5, 0.6) is 0 Å². The highest BCUT2D eigenvalue weighted by molar-refractivity contribution is 5.92. The number of aromatic nitrogens is 1. The first-order valence-electron chi connectivity index (χ1n) is 8.96. The second-order valence-electron chi connectivity index (χ2n) is 6.90. The van der Waals surface area contributed by atoms with Crippen molar-refractivity contribution in [2.45, 2.75) is 39.1 Å². The number of hydrogen-bond acceptors (Lipinski definition) is 5. The average Bonchev–Trinajstić information content (AvgIpc) is 2.60. The van der Waals surface area contributed by atoms with E-state index in [4.69, 9.17) is 10.5 Å². The van der Waals surface area contributed by atoms with Crippen LogP contribution in [0.3, 0.4) is 0 Å². The van der Waals surface area contributed by atoms with Gasteiger partial charge in [0, 0.05) is 26.2 Å². The molecule has 2 aromatic rings. The van der Waals surface area contributed by atoms with Crippen molar-refractivity contribution in [2.24, 2.45) is 0 Å². The van der Waals surface area contributed by atoms with E-state index in [-0.39, 0.29) is 18.1 Å². The molecule has 1 saturated heterocycles. The number of anilines is 1. The molecular formula is C20H26N4O2. The van der Waals surface area contributed by atoms with Crippen molar-refractivity contribution >= 4 is 11.7 Å². The van der Waals surface area contributed by atoms with Gasteiger partial charge in [0.25, 0.3) is 5.91 Å². The van der Waals surface area contributed by atoms with Crippen molar-refractivity contribution < 1.29 is 9.53 Å². The highest BCUT2D eigenvalue weighted by Gasteiger charge is 2.21. The van der Waals surface area contributed by atoms with Gasteiger partial charge in [-0.05, 0) is 37.1 Å². The Hall–Kier alpha value is -2.44. The molecule has 0 radical (unpaired) electrons. The maximum absolute atomic E-state index is 12.1. The van der Waals surface area contributed by atoms with Crippen LogP contribution in [-0.2, 0) is 17.8 Å². The van der Waals surface area contributed by atoms with Crippen LogP contribution in [0.15, 0.2) is 42.5 Å². The Bertz CT molecular complexity index is 738. The van der Waals surface area contributed by atoms with Crippen LogP contribution < -0.4 is 11.1 Å². The Kier molecular flexibility index (Phi) is 5.85. The first-order valence-corrected chi connectivity index (χ1v) is 8.96. The highest BCUT2D eigenvalue weighted by Crippen LogP contribution is 2.15. The third kappa shape index (κ3) is 5.03. The molecule has 0 spiro atoms. The van der Waals surface area contributed by atoms with Gasteiger partial charge in [0.2, 0.25) is 0 Å². The van der Waals surface area contributed by atoms with Crippen LogP contribution in [0.25, 0.3) is 0 Å². The molecule has 1 aromatic carbocycles. The summed E-state index contributed by atoms with van der Waals surface area (Å²) >= 11 is 0. The van der Waals surface area contributed by atoms with Crippen molar-refractivity contribution in [1.82, 2.24) is 15.2 Å². The van der Waals surface area contributed by atoms with E-state index < -0.39 is 0 Å². The SMILES string of the molecule is CC1CN(Cc2ccc(CNC(=O)c3cccc(N)n3)cc2)CC(C)O1. The largest absolute Gasteiger partial charge is 0.384 e. The van der Waals surface area contributed by atoms with E-state index in [1.807, 2.05) is 0 Å². The number of carbonyl (C=O) groups is 1. The Morgan fingerprint density at radius 1 is 1.15 bits per heavy atom. The molecule has 1 aliphatic rings. The Balaban J connectivity index is 1.52. The van der Waals surface area contributed by atoms with Crippen molar-refractivity contribution in [3.8, 4) is 0 Å². The molecule has 6 heteroatoms. The summed E-state index contributed by atoms with van der Waals surface area (Å²) in [5.74, 6) is 0.117. The molecule has 1 fully saturated rings. The normalized spacial score (nSPS) is 20.7. The molecule has 0 saturated carbocycles. The topological polar surface area (TPSA) is 80.5 Å². The Morgan fingerprint density at radius 3 is 2.46 bits per heavy atom. The van der Waals surface area contributed by atoms with Gasteiger partial charge in [0.05, 0.1) is 12.2 Å². The molecule has 26 heavy (non-hydrogen) atoms. The number of rotatable bonds is 5. The number of nitrogens with one attached hydrogen (secondary N) is 1. The molecule has 138 valence electrons.